The van der Waals surface area contributed by atoms with Crippen molar-refractivity contribution in [1.82, 2.24) is 19.7 Å². The van der Waals surface area contributed by atoms with Crippen LogP contribution in [0.3, 0.4) is 0 Å². The fourth-order valence-electron chi connectivity index (χ4n) is 3.69. The molecule has 0 aliphatic carbocycles. The third-order valence-electron chi connectivity index (χ3n) is 5.41. The molecule has 1 saturated heterocycles. The maximum Gasteiger partial charge on any atom is 0.217 e. The number of H-pyrrole nitrogens is 1. The van der Waals surface area contributed by atoms with Crippen LogP contribution in [0.4, 0.5) is 5.69 Å². The predicted molar refractivity (Wildman–Crippen MR) is 121 cm³/mol. The number of hydrogen-bond donors (Lipinski definition) is 1. The fourth-order valence-corrected chi connectivity index (χ4v) is 3.89. The number of rotatable bonds is 6. The summed E-state index contributed by atoms with van der Waals surface area (Å²) in [5, 5.41) is 3.35. The Balaban J connectivity index is 1.40. The number of aromatic nitrogens is 3. The summed E-state index contributed by atoms with van der Waals surface area (Å²) < 4.78 is 13.0. The quantitative estimate of drug-likeness (QED) is 0.607. The second-order valence-electron chi connectivity index (χ2n) is 7.31. The smallest absolute Gasteiger partial charge is 0.217 e. The van der Waals surface area contributed by atoms with Crippen molar-refractivity contribution >= 4 is 17.9 Å². The minimum atomic E-state index is 0.567. The highest BCUT2D eigenvalue weighted by molar-refractivity contribution is 7.71. The molecule has 0 amide bonds. The summed E-state index contributed by atoms with van der Waals surface area (Å²) in [5.74, 6) is 2.48. The average Bonchev–Trinajstić information content (AvgIpc) is 2.99. The van der Waals surface area contributed by atoms with Crippen molar-refractivity contribution in [3.63, 3.8) is 0 Å². The molecular formula is C22H27N5O2S. The number of nitrogens with one attached hydrogen (secondary N) is 1. The number of nitrogens with zero attached hydrogens (tertiary/aromatic N) is 4. The van der Waals surface area contributed by atoms with Gasteiger partial charge in [-0.25, -0.2) is 4.68 Å². The van der Waals surface area contributed by atoms with Gasteiger partial charge in [0.15, 0.2) is 5.82 Å². The number of methoxy groups -OCH3 is 2. The average molecular weight is 426 g/mol. The molecule has 2 aromatic carbocycles. The van der Waals surface area contributed by atoms with Gasteiger partial charge in [0.05, 0.1) is 20.9 Å². The van der Waals surface area contributed by atoms with E-state index in [9.17, 15) is 0 Å². The lowest BCUT2D eigenvalue weighted by Gasteiger charge is -2.23. The van der Waals surface area contributed by atoms with Crippen molar-refractivity contribution in [2.24, 2.45) is 0 Å². The van der Waals surface area contributed by atoms with Gasteiger partial charge in [0.25, 0.3) is 0 Å². The van der Waals surface area contributed by atoms with E-state index in [2.05, 4.69) is 32.0 Å². The summed E-state index contributed by atoms with van der Waals surface area (Å²) in [6.45, 7) is 4.70. The zero-order chi connectivity index (χ0) is 20.9. The maximum atomic E-state index is 5.49. The summed E-state index contributed by atoms with van der Waals surface area (Å²) in [6.07, 6.45) is 1.10. The first-order chi connectivity index (χ1) is 14.7. The minimum Gasteiger partial charge on any atom is -0.497 e. The van der Waals surface area contributed by atoms with Crippen LogP contribution in [0.1, 0.15) is 6.42 Å². The molecule has 0 spiro atoms. The first-order valence-electron chi connectivity index (χ1n) is 10.1. The van der Waals surface area contributed by atoms with Crippen molar-refractivity contribution in [1.29, 1.82) is 0 Å². The Morgan fingerprint density at radius 3 is 2.23 bits per heavy atom. The number of ether oxygens (including phenoxy) is 2. The lowest BCUT2D eigenvalue weighted by molar-refractivity contribution is 0.220. The highest BCUT2D eigenvalue weighted by atomic mass is 32.1. The molecular weight excluding hydrogens is 398 g/mol. The second kappa shape index (κ2) is 9.32. The number of benzene rings is 2. The van der Waals surface area contributed by atoms with Crippen LogP contribution in [0.15, 0.2) is 48.5 Å². The molecule has 0 saturated carbocycles. The monoisotopic (exact) mass is 425 g/mol. The van der Waals surface area contributed by atoms with Gasteiger partial charge in [-0.1, -0.05) is 0 Å². The van der Waals surface area contributed by atoms with E-state index in [0.717, 1.165) is 55.5 Å². The van der Waals surface area contributed by atoms with Crippen molar-refractivity contribution < 1.29 is 9.47 Å². The Morgan fingerprint density at radius 2 is 1.57 bits per heavy atom. The summed E-state index contributed by atoms with van der Waals surface area (Å²) in [5.41, 5.74) is 2.22. The normalized spacial score (nSPS) is 15.1. The molecule has 0 atom stereocenters. The Bertz CT molecular complexity index is 1010. The van der Waals surface area contributed by atoms with Crippen molar-refractivity contribution in [3.8, 4) is 22.9 Å². The summed E-state index contributed by atoms with van der Waals surface area (Å²) in [7, 11) is 3.35. The molecule has 1 fully saturated rings. The SMILES string of the molecule is COc1ccc(-c2nc(=S)n(CN3CCCN(c4ccc(OC)cc4)CC3)[nH]2)cc1. The number of anilines is 1. The minimum absolute atomic E-state index is 0.567. The molecule has 3 aromatic rings. The molecule has 8 heteroatoms. The van der Waals surface area contributed by atoms with Crippen LogP contribution < -0.4 is 14.4 Å². The van der Waals surface area contributed by atoms with Crippen molar-refractivity contribution in [3.05, 3.63) is 53.3 Å². The highest BCUT2D eigenvalue weighted by Crippen LogP contribution is 2.21. The van der Waals surface area contributed by atoms with Gasteiger partial charge in [-0.3, -0.25) is 10.00 Å². The third-order valence-corrected chi connectivity index (χ3v) is 5.72. The molecule has 158 valence electrons. The molecule has 0 radical (unpaired) electrons. The van der Waals surface area contributed by atoms with E-state index in [0.29, 0.717) is 11.4 Å². The molecule has 0 bridgehead atoms. The van der Waals surface area contributed by atoms with Gasteiger partial charge in [0.1, 0.15) is 11.5 Å². The first kappa shape index (κ1) is 20.4. The van der Waals surface area contributed by atoms with Crippen LogP contribution in [0.2, 0.25) is 0 Å². The Labute approximate surface area is 181 Å². The standard InChI is InChI=1S/C22H27N5O2S/c1-28-19-8-4-17(5-9-19)21-23-22(30)27(24-21)16-25-12-3-13-26(15-14-25)18-6-10-20(29-2)11-7-18/h4-11H,3,12-16H2,1-2H3,(H,23,24,30). The Kier molecular flexibility index (Phi) is 6.35. The molecule has 1 aromatic heterocycles. The van der Waals surface area contributed by atoms with E-state index >= 15 is 0 Å². The molecule has 1 aliphatic rings. The zero-order valence-corrected chi connectivity index (χ0v) is 18.2. The number of hydrogen-bond acceptors (Lipinski definition) is 6. The highest BCUT2D eigenvalue weighted by Gasteiger charge is 2.16. The predicted octanol–water partition coefficient (Wildman–Crippen LogP) is 3.79. The molecule has 30 heavy (non-hydrogen) atoms. The van der Waals surface area contributed by atoms with E-state index < -0.39 is 0 Å². The maximum absolute atomic E-state index is 5.49. The molecule has 4 rings (SSSR count). The lowest BCUT2D eigenvalue weighted by Crippen LogP contribution is -2.32. The Hall–Kier alpha value is -2.84. The van der Waals surface area contributed by atoms with Crippen LogP contribution in [-0.2, 0) is 6.67 Å². The van der Waals surface area contributed by atoms with Gasteiger partial charge in [-0.2, -0.15) is 4.98 Å². The van der Waals surface area contributed by atoms with Gasteiger partial charge in [0.2, 0.25) is 4.77 Å². The molecule has 7 nitrogen and oxygen atoms in total. The Morgan fingerprint density at radius 1 is 0.900 bits per heavy atom. The van der Waals surface area contributed by atoms with Crippen molar-refractivity contribution in [2.75, 3.05) is 45.3 Å². The second-order valence-corrected chi connectivity index (χ2v) is 7.67. The summed E-state index contributed by atoms with van der Waals surface area (Å²) in [6, 6.07) is 16.1. The van der Waals surface area contributed by atoms with Gasteiger partial charge < -0.3 is 14.4 Å². The van der Waals surface area contributed by atoms with E-state index in [1.807, 2.05) is 41.1 Å². The van der Waals surface area contributed by atoms with Crippen LogP contribution in [0.5, 0.6) is 11.5 Å². The van der Waals surface area contributed by atoms with Crippen LogP contribution in [0.25, 0.3) is 11.4 Å². The van der Waals surface area contributed by atoms with Crippen LogP contribution >= 0.6 is 12.2 Å². The van der Waals surface area contributed by atoms with E-state index in [-0.39, 0.29) is 0 Å². The first-order valence-corrected chi connectivity index (χ1v) is 10.5. The van der Waals surface area contributed by atoms with Gasteiger partial charge >= 0.3 is 0 Å². The van der Waals surface area contributed by atoms with Crippen molar-refractivity contribution in [2.45, 2.75) is 13.1 Å². The van der Waals surface area contributed by atoms with Gasteiger partial charge in [-0.05, 0) is 67.2 Å². The fraction of sp³-hybridized carbons (Fsp3) is 0.364. The van der Waals surface area contributed by atoms with Crippen LogP contribution in [0, 0.1) is 4.77 Å². The van der Waals surface area contributed by atoms with E-state index in [1.165, 1.54) is 5.69 Å². The third kappa shape index (κ3) is 4.66. The molecule has 1 N–H and O–H groups in total. The zero-order valence-electron chi connectivity index (χ0n) is 17.4. The van der Waals surface area contributed by atoms with E-state index in [4.69, 9.17) is 21.7 Å². The number of aromatic amines is 1. The molecule has 0 unspecified atom stereocenters. The topological polar surface area (TPSA) is 58.6 Å². The van der Waals surface area contributed by atoms with E-state index in [1.54, 1.807) is 14.2 Å². The van der Waals surface area contributed by atoms with Gasteiger partial charge in [0, 0.05) is 37.4 Å². The summed E-state index contributed by atoms with van der Waals surface area (Å²) >= 11 is 5.49. The molecule has 2 heterocycles. The van der Waals surface area contributed by atoms with Crippen LogP contribution in [-0.4, -0.2) is 60.1 Å². The molecule has 1 aliphatic heterocycles. The van der Waals surface area contributed by atoms with Gasteiger partial charge in [-0.15, -0.1) is 0 Å². The largest absolute Gasteiger partial charge is 0.497 e. The summed E-state index contributed by atoms with van der Waals surface area (Å²) in [4.78, 5) is 9.37. The lowest BCUT2D eigenvalue weighted by atomic mass is 10.2.